The van der Waals surface area contributed by atoms with E-state index in [0.717, 1.165) is 25.5 Å². The van der Waals surface area contributed by atoms with Gasteiger partial charge in [0, 0.05) is 6.04 Å². The first-order chi connectivity index (χ1) is 11.8. The molecule has 0 bridgehead atoms. The van der Waals surface area contributed by atoms with Crippen LogP contribution in [0.5, 0.6) is 0 Å². The van der Waals surface area contributed by atoms with E-state index in [4.69, 9.17) is 4.74 Å². The van der Waals surface area contributed by atoms with Crippen molar-refractivity contribution in [1.82, 2.24) is 5.32 Å². The quantitative estimate of drug-likeness (QED) is 0.747. The number of carbonyl (C=O) groups is 2. The van der Waals surface area contributed by atoms with Gasteiger partial charge in [-0.3, -0.25) is 9.52 Å². The number of hydrogen-bond acceptors (Lipinski definition) is 5. The second-order valence-electron chi connectivity index (χ2n) is 6.43. The van der Waals surface area contributed by atoms with Crippen LogP contribution < -0.4 is 10.0 Å². The fourth-order valence-electron chi connectivity index (χ4n) is 2.94. The highest BCUT2D eigenvalue weighted by atomic mass is 32.2. The number of ether oxygens (including phenoxy) is 1. The molecule has 0 aliphatic heterocycles. The summed E-state index contributed by atoms with van der Waals surface area (Å²) >= 11 is 0. The molecule has 1 aromatic carbocycles. The Kier molecular flexibility index (Phi) is 6.41. The van der Waals surface area contributed by atoms with Crippen molar-refractivity contribution >= 4 is 27.6 Å². The van der Waals surface area contributed by atoms with Crippen molar-refractivity contribution < 1.29 is 22.7 Å². The summed E-state index contributed by atoms with van der Waals surface area (Å²) in [5, 5.41) is 2.90. The van der Waals surface area contributed by atoms with Crippen molar-refractivity contribution in [2.24, 2.45) is 5.92 Å². The molecule has 1 saturated carbocycles. The van der Waals surface area contributed by atoms with E-state index in [0.29, 0.717) is 5.92 Å². The SMILES string of the molecule is C[C@H]1CCCC[C@@H]1NC(=O)COC(=O)c1ccccc1NS(C)(=O)=O. The Bertz CT molecular complexity index is 732. The van der Waals surface area contributed by atoms with E-state index < -0.39 is 22.6 Å². The van der Waals surface area contributed by atoms with Gasteiger partial charge in [0.2, 0.25) is 10.0 Å². The van der Waals surface area contributed by atoms with Gasteiger partial charge in [-0.2, -0.15) is 0 Å². The van der Waals surface area contributed by atoms with Gasteiger partial charge in [-0.05, 0) is 30.9 Å². The first-order valence-electron chi connectivity index (χ1n) is 8.29. The molecule has 1 aromatic rings. The van der Waals surface area contributed by atoms with E-state index >= 15 is 0 Å². The molecule has 0 aromatic heterocycles. The number of para-hydroxylation sites is 1. The number of carbonyl (C=O) groups excluding carboxylic acids is 2. The maximum Gasteiger partial charge on any atom is 0.340 e. The van der Waals surface area contributed by atoms with Gasteiger partial charge in [0.1, 0.15) is 0 Å². The minimum Gasteiger partial charge on any atom is -0.452 e. The highest BCUT2D eigenvalue weighted by Crippen LogP contribution is 2.23. The van der Waals surface area contributed by atoms with Crippen molar-refractivity contribution in [2.75, 3.05) is 17.6 Å². The molecule has 0 saturated heterocycles. The van der Waals surface area contributed by atoms with E-state index in [-0.39, 0.29) is 23.2 Å². The third kappa shape index (κ3) is 6.04. The van der Waals surface area contributed by atoms with Crippen LogP contribution in [-0.2, 0) is 19.6 Å². The van der Waals surface area contributed by atoms with Gasteiger partial charge in [0.05, 0.1) is 17.5 Å². The molecule has 1 fully saturated rings. The zero-order valence-corrected chi connectivity index (χ0v) is 15.3. The molecule has 138 valence electrons. The number of esters is 1. The number of hydrogen-bond donors (Lipinski definition) is 2. The molecule has 0 radical (unpaired) electrons. The molecule has 0 spiro atoms. The lowest BCUT2D eigenvalue weighted by molar-refractivity contribution is -0.125. The van der Waals surface area contributed by atoms with E-state index in [9.17, 15) is 18.0 Å². The Morgan fingerprint density at radius 2 is 1.88 bits per heavy atom. The van der Waals surface area contributed by atoms with Crippen LogP contribution in [0.1, 0.15) is 43.0 Å². The smallest absolute Gasteiger partial charge is 0.340 e. The summed E-state index contributed by atoms with van der Waals surface area (Å²) in [6.45, 7) is 1.71. The second-order valence-corrected chi connectivity index (χ2v) is 8.18. The zero-order chi connectivity index (χ0) is 18.4. The lowest BCUT2D eigenvalue weighted by atomic mass is 9.86. The molecule has 25 heavy (non-hydrogen) atoms. The summed E-state index contributed by atoms with van der Waals surface area (Å²) in [6.07, 6.45) is 5.26. The summed E-state index contributed by atoms with van der Waals surface area (Å²) in [7, 11) is -3.53. The van der Waals surface area contributed by atoms with E-state index in [1.165, 1.54) is 18.6 Å². The summed E-state index contributed by atoms with van der Waals surface area (Å²) in [5.74, 6) is -0.688. The van der Waals surface area contributed by atoms with Gasteiger partial charge in [-0.15, -0.1) is 0 Å². The lowest BCUT2D eigenvalue weighted by Crippen LogP contribution is -2.42. The maximum absolute atomic E-state index is 12.2. The minimum absolute atomic E-state index is 0.0618. The summed E-state index contributed by atoms with van der Waals surface area (Å²) < 4.78 is 30.0. The average Bonchev–Trinajstić information content (AvgIpc) is 2.54. The van der Waals surface area contributed by atoms with E-state index in [1.54, 1.807) is 12.1 Å². The number of nitrogens with one attached hydrogen (secondary N) is 2. The topological polar surface area (TPSA) is 102 Å². The largest absolute Gasteiger partial charge is 0.452 e. The van der Waals surface area contributed by atoms with Crippen LogP contribution >= 0.6 is 0 Å². The van der Waals surface area contributed by atoms with Gasteiger partial charge in [-0.1, -0.05) is 31.9 Å². The molecular formula is C17H24N2O5S. The molecule has 2 N–H and O–H groups in total. The molecule has 1 aliphatic rings. The van der Waals surface area contributed by atoms with Crippen molar-refractivity contribution in [2.45, 2.75) is 38.6 Å². The highest BCUT2D eigenvalue weighted by molar-refractivity contribution is 7.92. The first kappa shape index (κ1) is 19.2. The molecule has 1 amide bonds. The fourth-order valence-corrected chi connectivity index (χ4v) is 3.52. The molecule has 2 atom stereocenters. The Hall–Kier alpha value is -2.09. The van der Waals surface area contributed by atoms with Gasteiger partial charge in [0.15, 0.2) is 6.61 Å². The predicted octanol–water partition coefficient (Wildman–Crippen LogP) is 1.91. The molecule has 8 heteroatoms. The van der Waals surface area contributed by atoms with Crippen LogP contribution in [0.25, 0.3) is 0 Å². The Morgan fingerprint density at radius 3 is 2.56 bits per heavy atom. The van der Waals surface area contributed by atoms with Crippen molar-refractivity contribution in [3.05, 3.63) is 29.8 Å². The molecular weight excluding hydrogens is 344 g/mol. The lowest BCUT2D eigenvalue weighted by Gasteiger charge is -2.29. The molecule has 1 aliphatic carbocycles. The van der Waals surface area contributed by atoms with Gasteiger partial charge < -0.3 is 10.1 Å². The van der Waals surface area contributed by atoms with Crippen LogP contribution in [-0.4, -0.2) is 39.2 Å². The predicted molar refractivity (Wildman–Crippen MR) is 94.8 cm³/mol. The standard InChI is InChI=1S/C17H24N2O5S/c1-12-7-3-5-9-14(12)18-16(20)11-24-17(21)13-8-4-6-10-15(13)19-25(2,22)23/h4,6,8,10,12,14,19H,3,5,7,9,11H2,1-2H3,(H,18,20)/t12-,14-/m0/s1. The number of benzene rings is 1. The first-order valence-corrected chi connectivity index (χ1v) is 10.2. The molecule has 0 unspecified atom stereocenters. The third-order valence-corrected chi connectivity index (χ3v) is 4.83. The van der Waals surface area contributed by atoms with Gasteiger partial charge >= 0.3 is 5.97 Å². The number of anilines is 1. The Balaban J connectivity index is 1.93. The van der Waals surface area contributed by atoms with Crippen LogP contribution in [0.3, 0.4) is 0 Å². The zero-order valence-electron chi connectivity index (χ0n) is 14.4. The summed E-state index contributed by atoms with van der Waals surface area (Å²) in [6, 6.07) is 6.20. The van der Waals surface area contributed by atoms with E-state index in [2.05, 4.69) is 17.0 Å². The fraction of sp³-hybridized carbons (Fsp3) is 0.529. The number of rotatable bonds is 6. The monoisotopic (exact) mass is 368 g/mol. The molecule has 2 rings (SSSR count). The normalized spacial score (nSPS) is 20.6. The Labute approximate surface area is 148 Å². The summed E-state index contributed by atoms with van der Waals surface area (Å²) in [4.78, 5) is 24.2. The highest BCUT2D eigenvalue weighted by Gasteiger charge is 2.23. The van der Waals surface area contributed by atoms with Gasteiger partial charge in [0.25, 0.3) is 5.91 Å². The Morgan fingerprint density at radius 1 is 1.20 bits per heavy atom. The van der Waals surface area contributed by atoms with Crippen LogP contribution in [0.4, 0.5) is 5.69 Å². The third-order valence-electron chi connectivity index (χ3n) is 4.23. The molecule has 7 nitrogen and oxygen atoms in total. The van der Waals surface area contributed by atoms with E-state index in [1.807, 2.05) is 0 Å². The van der Waals surface area contributed by atoms with Gasteiger partial charge in [-0.25, -0.2) is 13.2 Å². The van der Waals surface area contributed by atoms with Crippen LogP contribution in [0, 0.1) is 5.92 Å². The van der Waals surface area contributed by atoms with Crippen molar-refractivity contribution in [3.8, 4) is 0 Å². The minimum atomic E-state index is -3.53. The second kappa shape index (κ2) is 8.33. The van der Waals surface area contributed by atoms with Crippen molar-refractivity contribution in [1.29, 1.82) is 0 Å². The molecule has 0 heterocycles. The average molecular weight is 368 g/mol. The summed E-state index contributed by atoms with van der Waals surface area (Å²) in [5.41, 5.74) is 0.183. The van der Waals surface area contributed by atoms with Crippen LogP contribution in [0.2, 0.25) is 0 Å². The maximum atomic E-state index is 12.2. The number of sulfonamides is 1. The van der Waals surface area contributed by atoms with Crippen LogP contribution in [0.15, 0.2) is 24.3 Å². The number of amides is 1. The van der Waals surface area contributed by atoms with Crippen molar-refractivity contribution in [3.63, 3.8) is 0 Å².